The second kappa shape index (κ2) is 5.99. The van der Waals surface area contributed by atoms with Crippen molar-refractivity contribution in [2.24, 2.45) is 0 Å². The zero-order chi connectivity index (χ0) is 14.7. The highest BCUT2D eigenvalue weighted by Crippen LogP contribution is 2.23. The summed E-state index contributed by atoms with van der Waals surface area (Å²) in [6, 6.07) is 6.89. The lowest BCUT2D eigenvalue weighted by Crippen LogP contribution is -2.12. The Kier molecular flexibility index (Phi) is 4.32. The number of rotatable bonds is 5. The number of benzene rings is 1. The van der Waals surface area contributed by atoms with Crippen LogP contribution in [-0.2, 0) is 6.54 Å². The van der Waals surface area contributed by atoms with Crippen LogP contribution in [0.5, 0.6) is 0 Å². The van der Waals surface area contributed by atoms with Crippen molar-refractivity contribution in [3.8, 4) is 0 Å². The SMILES string of the molecule is Cc1ccc(NCc2cncn2C(C)C)cc1N(C)C. The van der Waals surface area contributed by atoms with Crippen LogP contribution in [0.4, 0.5) is 11.4 Å². The van der Waals surface area contributed by atoms with Crippen molar-refractivity contribution >= 4 is 11.4 Å². The molecule has 108 valence electrons. The molecule has 2 aromatic rings. The van der Waals surface area contributed by atoms with Crippen LogP contribution in [0, 0.1) is 6.92 Å². The number of imidazole rings is 1. The Bertz CT molecular complexity index is 570. The predicted molar refractivity (Wildman–Crippen MR) is 85.4 cm³/mol. The number of nitrogens with one attached hydrogen (secondary N) is 1. The molecule has 1 heterocycles. The average molecular weight is 272 g/mol. The van der Waals surface area contributed by atoms with Gasteiger partial charge in [0.1, 0.15) is 0 Å². The van der Waals surface area contributed by atoms with E-state index in [4.69, 9.17) is 0 Å². The molecule has 0 saturated carbocycles. The molecule has 0 saturated heterocycles. The van der Waals surface area contributed by atoms with Gasteiger partial charge in [0.25, 0.3) is 0 Å². The Morgan fingerprint density at radius 1 is 1.30 bits per heavy atom. The van der Waals surface area contributed by atoms with E-state index in [1.165, 1.54) is 16.9 Å². The summed E-state index contributed by atoms with van der Waals surface area (Å²) in [6.07, 6.45) is 3.82. The maximum Gasteiger partial charge on any atom is 0.0951 e. The van der Waals surface area contributed by atoms with E-state index in [2.05, 4.69) is 72.8 Å². The largest absolute Gasteiger partial charge is 0.379 e. The highest BCUT2D eigenvalue weighted by Gasteiger charge is 2.06. The molecule has 20 heavy (non-hydrogen) atoms. The first-order chi connectivity index (χ1) is 9.49. The summed E-state index contributed by atoms with van der Waals surface area (Å²) in [6.45, 7) is 7.25. The Hall–Kier alpha value is -1.97. The van der Waals surface area contributed by atoms with E-state index in [0.717, 1.165) is 12.2 Å². The number of aryl methyl sites for hydroxylation is 1. The second-order valence-electron chi connectivity index (χ2n) is 5.64. The van der Waals surface area contributed by atoms with Crippen LogP contribution >= 0.6 is 0 Å². The zero-order valence-corrected chi connectivity index (χ0v) is 13.0. The molecule has 0 unspecified atom stereocenters. The molecule has 0 fully saturated rings. The standard InChI is InChI=1S/C16H24N4/c1-12(2)20-11-17-9-15(20)10-18-14-7-6-13(3)16(8-14)19(4)5/h6-9,11-12,18H,10H2,1-5H3. The van der Waals surface area contributed by atoms with Gasteiger partial charge < -0.3 is 14.8 Å². The van der Waals surface area contributed by atoms with Crippen molar-refractivity contribution in [3.05, 3.63) is 42.0 Å². The summed E-state index contributed by atoms with van der Waals surface area (Å²) < 4.78 is 2.19. The molecule has 0 spiro atoms. The normalized spacial score (nSPS) is 10.9. The van der Waals surface area contributed by atoms with Crippen molar-refractivity contribution in [3.63, 3.8) is 0 Å². The lowest BCUT2D eigenvalue weighted by atomic mass is 10.1. The van der Waals surface area contributed by atoms with E-state index in [0.29, 0.717) is 6.04 Å². The molecule has 1 aromatic heterocycles. The minimum Gasteiger partial charge on any atom is -0.379 e. The molecular formula is C16H24N4. The highest BCUT2D eigenvalue weighted by molar-refractivity contribution is 5.61. The Balaban J connectivity index is 2.11. The van der Waals surface area contributed by atoms with Gasteiger partial charge in [-0.2, -0.15) is 0 Å². The van der Waals surface area contributed by atoms with Crippen molar-refractivity contribution in [2.45, 2.75) is 33.4 Å². The fourth-order valence-electron chi connectivity index (χ4n) is 2.33. The molecule has 0 atom stereocenters. The summed E-state index contributed by atoms with van der Waals surface area (Å²) in [5.74, 6) is 0. The summed E-state index contributed by atoms with van der Waals surface area (Å²) in [7, 11) is 4.14. The van der Waals surface area contributed by atoms with E-state index < -0.39 is 0 Å². The van der Waals surface area contributed by atoms with Crippen LogP contribution in [0.25, 0.3) is 0 Å². The zero-order valence-electron chi connectivity index (χ0n) is 13.0. The van der Waals surface area contributed by atoms with Crippen molar-refractivity contribution in [2.75, 3.05) is 24.3 Å². The topological polar surface area (TPSA) is 33.1 Å². The minimum absolute atomic E-state index is 0.435. The molecular weight excluding hydrogens is 248 g/mol. The third kappa shape index (κ3) is 3.13. The summed E-state index contributed by atoms with van der Waals surface area (Å²) in [5.41, 5.74) is 4.86. The Morgan fingerprint density at radius 3 is 2.70 bits per heavy atom. The number of hydrogen-bond donors (Lipinski definition) is 1. The second-order valence-corrected chi connectivity index (χ2v) is 5.64. The summed E-state index contributed by atoms with van der Waals surface area (Å²) >= 11 is 0. The van der Waals surface area contributed by atoms with Crippen LogP contribution in [0.3, 0.4) is 0 Å². The number of aromatic nitrogens is 2. The van der Waals surface area contributed by atoms with E-state index in [1.54, 1.807) is 0 Å². The van der Waals surface area contributed by atoms with Crippen LogP contribution in [0.2, 0.25) is 0 Å². The van der Waals surface area contributed by atoms with Gasteiger partial charge in [0, 0.05) is 37.7 Å². The van der Waals surface area contributed by atoms with Crippen LogP contribution in [0.15, 0.2) is 30.7 Å². The van der Waals surface area contributed by atoms with Gasteiger partial charge in [-0.1, -0.05) is 6.07 Å². The van der Waals surface area contributed by atoms with Gasteiger partial charge in [0.2, 0.25) is 0 Å². The molecule has 0 aliphatic heterocycles. The number of hydrogen-bond acceptors (Lipinski definition) is 3. The maximum absolute atomic E-state index is 4.23. The maximum atomic E-state index is 4.23. The van der Waals surface area contributed by atoms with Crippen molar-refractivity contribution in [1.29, 1.82) is 0 Å². The van der Waals surface area contributed by atoms with Crippen LogP contribution in [0.1, 0.15) is 31.1 Å². The summed E-state index contributed by atoms with van der Waals surface area (Å²) in [4.78, 5) is 6.37. The first-order valence-corrected chi connectivity index (χ1v) is 7.01. The molecule has 0 aliphatic rings. The van der Waals surface area contributed by atoms with Gasteiger partial charge in [0.15, 0.2) is 0 Å². The highest BCUT2D eigenvalue weighted by atomic mass is 15.1. The molecule has 1 aromatic carbocycles. The Morgan fingerprint density at radius 2 is 2.05 bits per heavy atom. The number of nitrogens with zero attached hydrogens (tertiary/aromatic N) is 3. The lowest BCUT2D eigenvalue weighted by Gasteiger charge is -2.18. The van der Waals surface area contributed by atoms with Crippen molar-refractivity contribution < 1.29 is 0 Å². The van der Waals surface area contributed by atoms with Crippen molar-refractivity contribution in [1.82, 2.24) is 9.55 Å². The monoisotopic (exact) mass is 272 g/mol. The first kappa shape index (κ1) is 14.4. The smallest absolute Gasteiger partial charge is 0.0951 e. The minimum atomic E-state index is 0.435. The van der Waals surface area contributed by atoms with Gasteiger partial charge in [-0.3, -0.25) is 0 Å². The third-order valence-electron chi connectivity index (χ3n) is 3.47. The van der Waals surface area contributed by atoms with Gasteiger partial charge in [-0.25, -0.2) is 4.98 Å². The number of anilines is 2. The van der Waals surface area contributed by atoms with Gasteiger partial charge in [0.05, 0.1) is 18.6 Å². The van der Waals surface area contributed by atoms with Crippen LogP contribution < -0.4 is 10.2 Å². The molecule has 1 N–H and O–H groups in total. The molecule has 0 radical (unpaired) electrons. The average Bonchev–Trinajstić information content (AvgIpc) is 2.86. The molecule has 2 rings (SSSR count). The Labute approximate surface area is 121 Å². The molecule has 0 bridgehead atoms. The van der Waals surface area contributed by atoms with Gasteiger partial charge >= 0.3 is 0 Å². The van der Waals surface area contributed by atoms with E-state index in [-0.39, 0.29) is 0 Å². The van der Waals surface area contributed by atoms with Gasteiger partial charge in [-0.15, -0.1) is 0 Å². The summed E-state index contributed by atoms with van der Waals surface area (Å²) in [5, 5.41) is 3.48. The fourth-order valence-corrected chi connectivity index (χ4v) is 2.33. The van der Waals surface area contributed by atoms with E-state index in [1.807, 2.05) is 12.5 Å². The first-order valence-electron chi connectivity index (χ1n) is 7.01. The van der Waals surface area contributed by atoms with Gasteiger partial charge in [-0.05, 0) is 38.5 Å². The lowest BCUT2D eigenvalue weighted by molar-refractivity contribution is 0.577. The fraction of sp³-hybridized carbons (Fsp3) is 0.438. The molecule has 0 amide bonds. The third-order valence-corrected chi connectivity index (χ3v) is 3.47. The van der Waals surface area contributed by atoms with E-state index in [9.17, 15) is 0 Å². The molecule has 4 nitrogen and oxygen atoms in total. The quantitative estimate of drug-likeness (QED) is 0.905. The van der Waals surface area contributed by atoms with Crippen LogP contribution in [-0.4, -0.2) is 23.6 Å². The predicted octanol–water partition coefficient (Wildman–Crippen LogP) is 3.45. The van der Waals surface area contributed by atoms with E-state index >= 15 is 0 Å². The molecule has 0 aliphatic carbocycles. The molecule has 4 heteroatoms.